The molecule has 3 rings (SSSR count). The Bertz CT molecular complexity index is 610. The lowest BCUT2D eigenvalue weighted by Crippen LogP contribution is -2.26. The van der Waals surface area contributed by atoms with E-state index in [1.165, 1.54) is 12.1 Å². The van der Waals surface area contributed by atoms with Gasteiger partial charge in [0.1, 0.15) is 11.3 Å². The molecule has 0 amide bonds. The zero-order valence-electron chi connectivity index (χ0n) is 10.3. The first-order valence-corrected chi connectivity index (χ1v) is 6.44. The maximum atomic E-state index is 13.5. The van der Waals surface area contributed by atoms with Crippen LogP contribution < -0.4 is 5.32 Å². The molecule has 1 aromatic heterocycles. The monoisotopic (exact) mass is 267 g/mol. The second-order valence-electron chi connectivity index (χ2n) is 5.17. The topological polar surface area (TPSA) is 40.7 Å². The molecule has 96 valence electrons. The summed E-state index contributed by atoms with van der Waals surface area (Å²) in [4.78, 5) is 0. The maximum absolute atomic E-state index is 13.5. The fourth-order valence-corrected chi connectivity index (χ4v) is 3.16. The molecule has 2 atom stereocenters. The third kappa shape index (κ3) is 1.56. The summed E-state index contributed by atoms with van der Waals surface area (Å²) in [6.45, 7) is 3.06. The summed E-state index contributed by atoms with van der Waals surface area (Å²) in [7, 11) is 1.93. The minimum atomic E-state index is -0.317. The van der Waals surface area contributed by atoms with Gasteiger partial charge in [-0.05, 0) is 31.5 Å². The minimum absolute atomic E-state index is 0.0423. The molecule has 0 saturated heterocycles. The lowest BCUT2D eigenvalue weighted by atomic mass is 9.96. The molecular formula is C13H15ClFN3. The number of likely N-dealkylation sites (N-methyl/N-ethyl adjacent to an activating group) is 1. The van der Waals surface area contributed by atoms with Crippen LogP contribution in [0.15, 0.2) is 12.1 Å². The van der Waals surface area contributed by atoms with Crippen LogP contribution >= 0.6 is 11.6 Å². The van der Waals surface area contributed by atoms with Crippen LogP contribution in [0.4, 0.5) is 4.39 Å². The molecule has 2 unspecified atom stereocenters. The highest BCUT2D eigenvalue weighted by atomic mass is 35.5. The Morgan fingerprint density at radius 1 is 1.61 bits per heavy atom. The van der Waals surface area contributed by atoms with E-state index in [9.17, 15) is 4.39 Å². The van der Waals surface area contributed by atoms with Crippen molar-refractivity contribution in [3.8, 4) is 0 Å². The average Bonchev–Trinajstić information content (AvgIpc) is 2.76. The predicted octanol–water partition coefficient (Wildman–Crippen LogP) is 2.85. The van der Waals surface area contributed by atoms with E-state index in [1.807, 2.05) is 7.05 Å². The first-order chi connectivity index (χ1) is 8.58. The van der Waals surface area contributed by atoms with Crippen LogP contribution in [0.5, 0.6) is 0 Å². The molecule has 1 aliphatic rings. The van der Waals surface area contributed by atoms with Gasteiger partial charge < -0.3 is 5.32 Å². The second-order valence-corrected chi connectivity index (χ2v) is 5.58. The highest BCUT2D eigenvalue weighted by molar-refractivity contribution is 6.35. The SMILES string of the molecule is CNCC1(c2[nH]nc3c(Cl)cc(F)cc23)CC1C. The van der Waals surface area contributed by atoms with Crippen LogP contribution in [0, 0.1) is 11.7 Å². The summed E-state index contributed by atoms with van der Waals surface area (Å²) >= 11 is 6.02. The molecule has 1 aromatic carbocycles. The van der Waals surface area contributed by atoms with E-state index in [0.717, 1.165) is 24.0 Å². The number of aromatic nitrogens is 2. The standard InChI is InChI=1S/C13H15ClFN3/c1-7-5-13(7,6-16-2)12-9-3-8(15)4-10(14)11(9)17-18-12/h3-4,7,16H,5-6H2,1-2H3,(H,17,18). The first kappa shape index (κ1) is 11.9. The van der Waals surface area contributed by atoms with E-state index >= 15 is 0 Å². The molecular weight excluding hydrogens is 253 g/mol. The van der Waals surface area contributed by atoms with Gasteiger partial charge >= 0.3 is 0 Å². The Morgan fingerprint density at radius 2 is 2.33 bits per heavy atom. The molecule has 18 heavy (non-hydrogen) atoms. The first-order valence-electron chi connectivity index (χ1n) is 6.06. The number of benzene rings is 1. The Labute approximate surface area is 110 Å². The predicted molar refractivity (Wildman–Crippen MR) is 70.4 cm³/mol. The molecule has 1 aliphatic carbocycles. The lowest BCUT2D eigenvalue weighted by Gasteiger charge is -2.14. The third-order valence-electron chi connectivity index (χ3n) is 4.02. The summed E-state index contributed by atoms with van der Waals surface area (Å²) in [5, 5.41) is 11.7. The summed E-state index contributed by atoms with van der Waals surface area (Å²) in [5.74, 6) is 0.249. The molecule has 1 fully saturated rings. The van der Waals surface area contributed by atoms with Crippen LogP contribution in [0.25, 0.3) is 10.9 Å². The van der Waals surface area contributed by atoms with E-state index < -0.39 is 0 Å². The normalized spacial score (nSPS) is 26.8. The highest BCUT2D eigenvalue weighted by Gasteiger charge is 2.53. The van der Waals surface area contributed by atoms with Crippen LogP contribution in [0.2, 0.25) is 5.02 Å². The van der Waals surface area contributed by atoms with E-state index in [4.69, 9.17) is 11.6 Å². The number of aromatic amines is 1. The minimum Gasteiger partial charge on any atom is -0.319 e. The van der Waals surface area contributed by atoms with E-state index in [1.54, 1.807) is 0 Å². The Morgan fingerprint density at radius 3 is 2.94 bits per heavy atom. The maximum Gasteiger partial charge on any atom is 0.125 e. The molecule has 1 saturated carbocycles. The number of hydrogen-bond donors (Lipinski definition) is 2. The van der Waals surface area contributed by atoms with E-state index in [-0.39, 0.29) is 11.2 Å². The molecule has 2 N–H and O–H groups in total. The van der Waals surface area contributed by atoms with Gasteiger partial charge in [-0.15, -0.1) is 0 Å². The number of H-pyrrole nitrogens is 1. The van der Waals surface area contributed by atoms with Crippen molar-refractivity contribution < 1.29 is 4.39 Å². The van der Waals surface area contributed by atoms with Crippen LogP contribution in [-0.2, 0) is 5.41 Å². The fraction of sp³-hybridized carbons (Fsp3) is 0.462. The molecule has 0 radical (unpaired) electrons. The van der Waals surface area contributed by atoms with Gasteiger partial charge in [-0.1, -0.05) is 18.5 Å². The van der Waals surface area contributed by atoms with Crippen molar-refractivity contribution in [3.05, 3.63) is 28.7 Å². The molecule has 3 nitrogen and oxygen atoms in total. The van der Waals surface area contributed by atoms with Crippen molar-refractivity contribution in [3.63, 3.8) is 0 Å². The van der Waals surface area contributed by atoms with Crippen LogP contribution in [0.1, 0.15) is 19.0 Å². The Hall–Kier alpha value is -1.13. The fourth-order valence-electron chi connectivity index (χ4n) is 2.91. The molecule has 5 heteroatoms. The third-order valence-corrected chi connectivity index (χ3v) is 4.31. The smallest absolute Gasteiger partial charge is 0.125 e. The molecule has 2 aromatic rings. The Balaban J connectivity index is 2.19. The molecule has 0 aliphatic heterocycles. The van der Waals surface area contributed by atoms with Crippen molar-refractivity contribution in [2.45, 2.75) is 18.8 Å². The number of halogens is 2. The summed E-state index contributed by atoms with van der Waals surface area (Å²) in [5.41, 5.74) is 1.70. The van der Waals surface area contributed by atoms with Crippen LogP contribution in [-0.4, -0.2) is 23.8 Å². The van der Waals surface area contributed by atoms with Crippen molar-refractivity contribution in [1.29, 1.82) is 0 Å². The largest absolute Gasteiger partial charge is 0.319 e. The van der Waals surface area contributed by atoms with Crippen molar-refractivity contribution in [2.75, 3.05) is 13.6 Å². The van der Waals surface area contributed by atoms with Gasteiger partial charge in [0.15, 0.2) is 0 Å². The molecule has 1 heterocycles. The number of nitrogens with zero attached hydrogens (tertiary/aromatic N) is 1. The van der Waals surface area contributed by atoms with Gasteiger partial charge in [0, 0.05) is 17.3 Å². The number of fused-ring (bicyclic) bond motifs is 1. The average molecular weight is 268 g/mol. The molecule has 0 bridgehead atoms. The van der Waals surface area contributed by atoms with Gasteiger partial charge in [-0.2, -0.15) is 5.10 Å². The van der Waals surface area contributed by atoms with Gasteiger partial charge in [-0.3, -0.25) is 5.10 Å². The van der Waals surface area contributed by atoms with Crippen LogP contribution in [0.3, 0.4) is 0 Å². The highest BCUT2D eigenvalue weighted by Crippen LogP contribution is 2.54. The molecule has 0 spiro atoms. The summed E-state index contributed by atoms with van der Waals surface area (Å²) < 4.78 is 13.5. The number of hydrogen-bond acceptors (Lipinski definition) is 2. The quantitative estimate of drug-likeness (QED) is 0.898. The lowest BCUT2D eigenvalue weighted by molar-refractivity contribution is 0.567. The second kappa shape index (κ2) is 3.93. The van der Waals surface area contributed by atoms with E-state index in [0.29, 0.717) is 16.5 Å². The summed E-state index contributed by atoms with van der Waals surface area (Å²) in [6.07, 6.45) is 1.08. The van der Waals surface area contributed by atoms with Crippen molar-refractivity contribution >= 4 is 22.5 Å². The van der Waals surface area contributed by atoms with Crippen molar-refractivity contribution in [1.82, 2.24) is 15.5 Å². The van der Waals surface area contributed by atoms with Gasteiger partial charge in [-0.25, -0.2) is 4.39 Å². The zero-order valence-corrected chi connectivity index (χ0v) is 11.1. The number of rotatable bonds is 3. The Kier molecular flexibility index (Phi) is 2.61. The summed E-state index contributed by atoms with van der Waals surface area (Å²) in [6, 6.07) is 2.82. The number of nitrogens with one attached hydrogen (secondary N) is 2. The van der Waals surface area contributed by atoms with Gasteiger partial charge in [0.2, 0.25) is 0 Å². The zero-order chi connectivity index (χ0) is 12.9. The van der Waals surface area contributed by atoms with E-state index in [2.05, 4.69) is 22.4 Å². The van der Waals surface area contributed by atoms with Gasteiger partial charge in [0.05, 0.1) is 10.7 Å². The van der Waals surface area contributed by atoms with Crippen molar-refractivity contribution in [2.24, 2.45) is 5.92 Å². The van der Waals surface area contributed by atoms with Gasteiger partial charge in [0.25, 0.3) is 0 Å².